The van der Waals surface area contributed by atoms with Crippen LogP contribution in [0.2, 0.25) is 0 Å². The van der Waals surface area contributed by atoms with Gasteiger partial charge in [0, 0.05) is 17.0 Å². The normalized spacial score (nSPS) is 12.2. The molecule has 1 atom stereocenters. The molecule has 2 aromatic heterocycles. The number of nitrogens with two attached hydrogens (primary N) is 1. The highest BCUT2D eigenvalue weighted by atomic mass is 16.5. The summed E-state index contributed by atoms with van der Waals surface area (Å²) in [6.45, 7) is 4.55. The first-order chi connectivity index (χ1) is 13.7. The molecule has 2 aromatic carbocycles. The molecule has 142 valence electrons. The first-order valence-corrected chi connectivity index (χ1v) is 9.59. The number of furan rings is 1. The van der Waals surface area contributed by atoms with Crippen LogP contribution in [0.4, 0.5) is 0 Å². The third-order valence-corrected chi connectivity index (χ3v) is 4.87. The topological polar surface area (TPSA) is 61.3 Å². The molecule has 4 heteroatoms. The van der Waals surface area contributed by atoms with Gasteiger partial charge in [0.2, 0.25) is 0 Å². The van der Waals surface area contributed by atoms with Crippen molar-refractivity contribution in [3.8, 4) is 17.0 Å². The number of hydrogen-bond donors (Lipinski definition) is 1. The summed E-state index contributed by atoms with van der Waals surface area (Å²) in [4.78, 5) is 4.73. The average Bonchev–Trinajstić information content (AvgIpc) is 3.20. The smallest absolute Gasteiger partial charge is 0.143 e. The molecular formula is C24H24N2O2. The van der Waals surface area contributed by atoms with Gasteiger partial charge in [-0.25, -0.2) is 0 Å². The van der Waals surface area contributed by atoms with Crippen LogP contribution in [0, 0.1) is 0 Å². The van der Waals surface area contributed by atoms with E-state index in [0.29, 0.717) is 6.61 Å². The number of pyridine rings is 1. The predicted octanol–water partition coefficient (Wildman–Crippen LogP) is 5.66. The minimum atomic E-state index is -0.121. The molecule has 28 heavy (non-hydrogen) atoms. The Hall–Kier alpha value is -3.11. The van der Waals surface area contributed by atoms with Crippen LogP contribution in [0.15, 0.2) is 71.3 Å². The van der Waals surface area contributed by atoms with Gasteiger partial charge in [0.05, 0.1) is 17.7 Å². The van der Waals surface area contributed by atoms with Crippen LogP contribution in [0.1, 0.15) is 36.7 Å². The molecule has 0 aliphatic rings. The van der Waals surface area contributed by atoms with E-state index in [1.807, 2.05) is 49.4 Å². The van der Waals surface area contributed by atoms with E-state index < -0.39 is 0 Å². The molecule has 2 N–H and O–H groups in total. The summed E-state index contributed by atoms with van der Waals surface area (Å²) in [5.74, 6) is 0.927. The Morgan fingerprint density at radius 1 is 1.07 bits per heavy atom. The van der Waals surface area contributed by atoms with Crippen LogP contribution in [0.5, 0.6) is 5.75 Å². The summed E-state index contributed by atoms with van der Waals surface area (Å²) in [7, 11) is 0. The third kappa shape index (κ3) is 3.64. The van der Waals surface area contributed by atoms with Gasteiger partial charge < -0.3 is 14.9 Å². The molecule has 0 saturated heterocycles. The number of hydrogen-bond acceptors (Lipinski definition) is 4. The Bertz CT molecular complexity index is 1100. The van der Waals surface area contributed by atoms with Crippen molar-refractivity contribution in [3.05, 3.63) is 83.7 Å². The maximum Gasteiger partial charge on any atom is 0.143 e. The van der Waals surface area contributed by atoms with E-state index >= 15 is 0 Å². The minimum absolute atomic E-state index is 0.121. The summed E-state index contributed by atoms with van der Waals surface area (Å²) in [6, 6.07) is 20.1. The quantitative estimate of drug-likeness (QED) is 0.475. The van der Waals surface area contributed by atoms with Crippen molar-refractivity contribution in [1.29, 1.82) is 0 Å². The molecule has 4 aromatic rings. The molecule has 0 saturated carbocycles. The van der Waals surface area contributed by atoms with Gasteiger partial charge in [0.25, 0.3) is 0 Å². The molecule has 4 nitrogen and oxygen atoms in total. The molecule has 0 amide bonds. The largest absolute Gasteiger partial charge is 0.489 e. The second-order valence-corrected chi connectivity index (χ2v) is 6.97. The van der Waals surface area contributed by atoms with Crippen molar-refractivity contribution >= 4 is 11.0 Å². The van der Waals surface area contributed by atoms with E-state index in [4.69, 9.17) is 19.9 Å². The number of fused-ring (bicyclic) bond motifs is 1. The Morgan fingerprint density at radius 2 is 1.93 bits per heavy atom. The summed E-state index contributed by atoms with van der Waals surface area (Å²) in [5, 5.41) is 1.04. The van der Waals surface area contributed by atoms with Gasteiger partial charge in [-0.1, -0.05) is 31.2 Å². The number of aromatic nitrogens is 1. The fourth-order valence-electron chi connectivity index (χ4n) is 3.37. The fourth-order valence-corrected chi connectivity index (χ4v) is 3.37. The summed E-state index contributed by atoms with van der Waals surface area (Å²) < 4.78 is 11.9. The Labute approximate surface area is 165 Å². The Balaban J connectivity index is 1.70. The van der Waals surface area contributed by atoms with Crippen molar-refractivity contribution in [2.24, 2.45) is 5.73 Å². The van der Waals surface area contributed by atoms with E-state index in [9.17, 15) is 0 Å². The zero-order chi connectivity index (χ0) is 19.5. The van der Waals surface area contributed by atoms with Crippen LogP contribution in [-0.4, -0.2) is 4.98 Å². The molecule has 0 aliphatic carbocycles. The molecule has 0 bridgehead atoms. The van der Waals surface area contributed by atoms with Crippen LogP contribution < -0.4 is 10.5 Å². The van der Waals surface area contributed by atoms with Crippen LogP contribution >= 0.6 is 0 Å². The van der Waals surface area contributed by atoms with Crippen LogP contribution in [0.25, 0.3) is 22.2 Å². The van der Waals surface area contributed by atoms with Crippen molar-refractivity contribution in [3.63, 3.8) is 0 Å². The van der Waals surface area contributed by atoms with Crippen molar-refractivity contribution in [2.45, 2.75) is 32.9 Å². The van der Waals surface area contributed by atoms with Gasteiger partial charge in [0.15, 0.2) is 0 Å². The van der Waals surface area contributed by atoms with Gasteiger partial charge >= 0.3 is 0 Å². The molecule has 0 fully saturated rings. The van der Waals surface area contributed by atoms with Gasteiger partial charge in [-0.15, -0.1) is 0 Å². The first kappa shape index (κ1) is 18.3. The predicted molar refractivity (Wildman–Crippen MR) is 112 cm³/mol. The molecule has 0 radical (unpaired) electrons. The molecule has 1 unspecified atom stereocenters. The van der Waals surface area contributed by atoms with Crippen molar-refractivity contribution < 1.29 is 9.15 Å². The average molecular weight is 372 g/mol. The third-order valence-electron chi connectivity index (χ3n) is 4.87. The first-order valence-electron chi connectivity index (χ1n) is 9.59. The fraction of sp³-hybridized carbons (Fsp3) is 0.208. The lowest BCUT2D eigenvalue weighted by Crippen LogP contribution is -2.07. The lowest BCUT2D eigenvalue weighted by Gasteiger charge is -2.12. The summed E-state index contributed by atoms with van der Waals surface area (Å²) in [6.07, 6.45) is 2.65. The maximum atomic E-state index is 6.12. The maximum absolute atomic E-state index is 6.12. The number of benzene rings is 2. The number of ether oxygens (including phenoxy) is 1. The molecule has 4 rings (SSSR count). The highest BCUT2D eigenvalue weighted by molar-refractivity contribution is 5.92. The molecule has 0 spiro atoms. The lowest BCUT2D eigenvalue weighted by atomic mass is 10.0. The molecule has 2 heterocycles. The van der Waals surface area contributed by atoms with Gasteiger partial charge in [0.1, 0.15) is 17.9 Å². The van der Waals surface area contributed by atoms with E-state index in [-0.39, 0.29) is 6.04 Å². The Kier molecular flexibility index (Phi) is 5.13. The second kappa shape index (κ2) is 7.87. The minimum Gasteiger partial charge on any atom is -0.489 e. The summed E-state index contributed by atoms with van der Waals surface area (Å²) >= 11 is 0. The highest BCUT2D eigenvalue weighted by Gasteiger charge is 2.13. The summed E-state index contributed by atoms with van der Waals surface area (Å²) in [5.41, 5.74) is 11.8. The number of rotatable bonds is 6. The zero-order valence-corrected chi connectivity index (χ0v) is 16.2. The van der Waals surface area contributed by atoms with Crippen molar-refractivity contribution in [2.75, 3.05) is 0 Å². The van der Waals surface area contributed by atoms with Crippen molar-refractivity contribution in [1.82, 2.24) is 4.98 Å². The highest BCUT2D eigenvalue weighted by Crippen LogP contribution is 2.31. The zero-order valence-electron chi connectivity index (χ0n) is 16.2. The lowest BCUT2D eigenvalue weighted by molar-refractivity contribution is 0.303. The standard InChI is InChI=1S/C24H24N2O2/c1-3-18-7-4-5-10-23(18)28-15-17-13-19-11-12-27-24(19)20(14-17)22-9-6-8-21(26-22)16(2)25/h4-14,16H,3,15,25H2,1-2H3. The van der Waals surface area contributed by atoms with Gasteiger partial charge in [-0.3, -0.25) is 4.98 Å². The van der Waals surface area contributed by atoms with E-state index in [1.54, 1.807) is 6.26 Å². The van der Waals surface area contributed by atoms with Gasteiger partial charge in [-0.05, 0) is 60.9 Å². The molecular weight excluding hydrogens is 348 g/mol. The van der Waals surface area contributed by atoms with E-state index in [1.165, 1.54) is 5.56 Å². The van der Waals surface area contributed by atoms with Crippen LogP contribution in [-0.2, 0) is 13.0 Å². The van der Waals surface area contributed by atoms with Gasteiger partial charge in [-0.2, -0.15) is 0 Å². The monoisotopic (exact) mass is 372 g/mol. The number of nitrogens with zero attached hydrogens (tertiary/aromatic N) is 1. The van der Waals surface area contributed by atoms with Crippen LogP contribution in [0.3, 0.4) is 0 Å². The SMILES string of the molecule is CCc1ccccc1OCc1cc(-c2cccc(C(C)N)n2)c2occc2c1. The van der Waals surface area contributed by atoms with E-state index in [2.05, 4.69) is 25.1 Å². The number of para-hydroxylation sites is 1. The van der Waals surface area contributed by atoms with E-state index in [0.717, 1.165) is 45.7 Å². The molecule has 0 aliphatic heterocycles. The Morgan fingerprint density at radius 3 is 2.75 bits per heavy atom. The number of aryl methyl sites for hydroxylation is 1. The second-order valence-electron chi connectivity index (χ2n) is 6.97.